The van der Waals surface area contributed by atoms with Crippen LogP contribution in [0, 0.1) is 5.82 Å². The monoisotopic (exact) mass is 257 g/mol. The van der Waals surface area contributed by atoms with Crippen molar-refractivity contribution >= 4 is 11.6 Å². The van der Waals surface area contributed by atoms with Crippen LogP contribution in [0.1, 0.15) is 24.9 Å². The predicted octanol–water partition coefficient (Wildman–Crippen LogP) is 3.68. The lowest BCUT2D eigenvalue weighted by Gasteiger charge is -2.14. The van der Waals surface area contributed by atoms with Crippen LogP contribution in [0.4, 0.5) is 4.39 Å². The highest BCUT2D eigenvalue weighted by molar-refractivity contribution is 6.30. The van der Waals surface area contributed by atoms with Crippen molar-refractivity contribution in [3.63, 3.8) is 0 Å². The second-order valence-corrected chi connectivity index (χ2v) is 4.15. The van der Waals surface area contributed by atoms with Gasteiger partial charge < -0.3 is 10.1 Å². The molecule has 2 nitrogen and oxygen atoms in total. The Labute approximate surface area is 106 Å². The second kappa shape index (κ2) is 7.30. The summed E-state index contributed by atoms with van der Waals surface area (Å²) in [6.07, 6.45) is 2.31. The highest BCUT2D eigenvalue weighted by Crippen LogP contribution is 2.19. The van der Waals surface area contributed by atoms with E-state index in [1.165, 1.54) is 12.3 Å². The number of ether oxygens (including phenoxy) is 1. The number of hydrogen-bond donors (Lipinski definition) is 1. The molecule has 1 aromatic carbocycles. The Morgan fingerprint density at radius 3 is 3.00 bits per heavy atom. The molecule has 4 heteroatoms. The SMILES string of the molecule is C=COCCCNC(C)c1ccc(Cl)c(F)c1. The minimum atomic E-state index is -0.382. The normalized spacial score (nSPS) is 12.2. The fourth-order valence-electron chi connectivity index (χ4n) is 1.46. The van der Waals surface area contributed by atoms with Crippen molar-refractivity contribution in [3.8, 4) is 0 Å². The van der Waals surface area contributed by atoms with E-state index < -0.39 is 0 Å². The van der Waals surface area contributed by atoms with E-state index in [0.29, 0.717) is 6.61 Å². The van der Waals surface area contributed by atoms with Gasteiger partial charge in [0.25, 0.3) is 0 Å². The van der Waals surface area contributed by atoms with Gasteiger partial charge >= 0.3 is 0 Å². The summed E-state index contributed by atoms with van der Waals surface area (Å²) in [6.45, 7) is 6.89. The molecule has 0 spiro atoms. The molecule has 0 heterocycles. The summed E-state index contributed by atoms with van der Waals surface area (Å²) in [7, 11) is 0. The molecule has 1 N–H and O–H groups in total. The molecule has 1 rings (SSSR count). The maximum absolute atomic E-state index is 13.2. The minimum absolute atomic E-state index is 0.0884. The van der Waals surface area contributed by atoms with Crippen LogP contribution < -0.4 is 5.32 Å². The Kier molecular flexibility index (Phi) is 6.01. The van der Waals surface area contributed by atoms with E-state index in [-0.39, 0.29) is 16.9 Å². The molecule has 94 valence electrons. The smallest absolute Gasteiger partial charge is 0.142 e. The third kappa shape index (κ3) is 4.75. The van der Waals surface area contributed by atoms with Crippen LogP contribution in [0.3, 0.4) is 0 Å². The molecule has 0 saturated heterocycles. The lowest BCUT2D eigenvalue weighted by Crippen LogP contribution is -2.20. The summed E-state index contributed by atoms with van der Waals surface area (Å²) in [5.41, 5.74) is 0.886. The van der Waals surface area contributed by atoms with E-state index in [1.54, 1.807) is 6.07 Å². The van der Waals surface area contributed by atoms with E-state index in [2.05, 4.69) is 11.9 Å². The third-order valence-corrected chi connectivity index (χ3v) is 2.76. The Hall–Kier alpha value is -1.06. The summed E-state index contributed by atoms with van der Waals surface area (Å²) in [6, 6.07) is 4.94. The average Bonchev–Trinajstić information content (AvgIpc) is 2.32. The largest absolute Gasteiger partial charge is 0.502 e. The first-order valence-corrected chi connectivity index (χ1v) is 5.93. The van der Waals surface area contributed by atoms with Gasteiger partial charge in [-0.1, -0.05) is 24.2 Å². The quantitative estimate of drug-likeness (QED) is 0.594. The van der Waals surface area contributed by atoms with Gasteiger partial charge in [-0.3, -0.25) is 0 Å². The van der Waals surface area contributed by atoms with Crippen molar-refractivity contribution in [1.29, 1.82) is 0 Å². The van der Waals surface area contributed by atoms with Gasteiger partial charge in [0.1, 0.15) is 5.82 Å². The van der Waals surface area contributed by atoms with Crippen LogP contribution in [0.25, 0.3) is 0 Å². The average molecular weight is 258 g/mol. The highest BCUT2D eigenvalue weighted by atomic mass is 35.5. The highest BCUT2D eigenvalue weighted by Gasteiger charge is 2.07. The molecule has 0 bridgehead atoms. The summed E-state index contributed by atoms with van der Waals surface area (Å²) in [5.74, 6) is -0.382. The van der Waals surface area contributed by atoms with Crippen LogP contribution in [-0.4, -0.2) is 13.2 Å². The van der Waals surface area contributed by atoms with Gasteiger partial charge in [-0.05, 0) is 37.6 Å². The summed E-state index contributed by atoms with van der Waals surface area (Å²) < 4.78 is 18.2. The second-order valence-electron chi connectivity index (χ2n) is 3.74. The van der Waals surface area contributed by atoms with E-state index in [0.717, 1.165) is 18.5 Å². The van der Waals surface area contributed by atoms with Gasteiger partial charge in [0, 0.05) is 6.04 Å². The van der Waals surface area contributed by atoms with Crippen molar-refractivity contribution in [3.05, 3.63) is 47.4 Å². The Bertz CT molecular complexity index is 370. The molecular formula is C13H17ClFNO. The number of hydrogen-bond acceptors (Lipinski definition) is 2. The van der Waals surface area contributed by atoms with Crippen molar-refractivity contribution in [2.24, 2.45) is 0 Å². The lowest BCUT2D eigenvalue weighted by atomic mass is 10.1. The third-order valence-electron chi connectivity index (χ3n) is 2.45. The fraction of sp³-hybridized carbons (Fsp3) is 0.385. The molecular weight excluding hydrogens is 241 g/mol. The molecule has 1 aromatic rings. The number of halogens is 2. The first-order valence-electron chi connectivity index (χ1n) is 5.56. The Morgan fingerprint density at radius 1 is 1.59 bits per heavy atom. The molecule has 0 aliphatic heterocycles. The van der Waals surface area contributed by atoms with Gasteiger partial charge in [-0.15, -0.1) is 0 Å². The molecule has 0 aliphatic rings. The molecule has 1 atom stereocenters. The molecule has 17 heavy (non-hydrogen) atoms. The van der Waals surface area contributed by atoms with E-state index in [1.807, 2.05) is 13.0 Å². The molecule has 0 saturated carbocycles. The first-order chi connectivity index (χ1) is 8.15. The van der Waals surface area contributed by atoms with Gasteiger partial charge in [-0.25, -0.2) is 4.39 Å². The van der Waals surface area contributed by atoms with Crippen LogP contribution in [0.5, 0.6) is 0 Å². The van der Waals surface area contributed by atoms with E-state index in [4.69, 9.17) is 16.3 Å². The summed E-state index contributed by atoms with van der Waals surface area (Å²) in [5, 5.41) is 3.43. The van der Waals surface area contributed by atoms with Crippen molar-refractivity contribution < 1.29 is 9.13 Å². The van der Waals surface area contributed by atoms with Gasteiger partial charge in [0.05, 0.1) is 17.9 Å². The zero-order chi connectivity index (χ0) is 12.7. The number of benzene rings is 1. The van der Waals surface area contributed by atoms with E-state index in [9.17, 15) is 4.39 Å². The van der Waals surface area contributed by atoms with Crippen molar-refractivity contribution in [2.75, 3.05) is 13.2 Å². The minimum Gasteiger partial charge on any atom is -0.502 e. The summed E-state index contributed by atoms with van der Waals surface area (Å²) in [4.78, 5) is 0. The predicted molar refractivity (Wildman–Crippen MR) is 68.6 cm³/mol. The van der Waals surface area contributed by atoms with Gasteiger partial charge in [0.15, 0.2) is 0 Å². The fourth-order valence-corrected chi connectivity index (χ4v) is 1.57. The first kappa shape index (κ1) is 14.0. The van der Waals surface area contributed by atoms with E-state index >= 15 is 0 Å². The maximum atomic E-state index is 13.2. The molecule has 0 aromatic heterocycles. The number of nitrogens with one attached hydrogen (secondary N) is 1. The Morgan fingerprint density at radius 2 is 2.35 bits per heavy atom. The Balaban J connectivity index is 2.38. The topological polar surface area (TPSA) is 21.3 Å². The molecule has 0 amide bonds. The van der Waals surface area contributed by atoms with Crippen LogP contribution in [0.2, 0.25) is 5.02 Å². The lowest BCUT2D eigenvalue weighted by molar-refractivity contribution is 0.243. The van der Waals surface area contributed by atoms with Crippen molar-refractivity contribution in [2.45, 2.75) is 19.4 Å². The molecule has 1 unspecified atom stereocenters. The van der Waals surface area contributed by atoms with Gasteiger partial charge in [0.2, 0.25) is 0 Å². The maximum Gasteiger partial charge on any atom is 0.142 e. The zero-order valence-electron chi connectivity index (χ0n) is 9.88. The van der Waals surface area contributed by atoms with Crippen molar-refractivity contribution in [1.82, 2.24) is 5.32 Å². The van der Waals surface area contributed by atoms with Crippen LogP contribution in [-0.2, 0) is 4.74 Å². The molecule has 0 radical (unpaired) electrons. The number of rotatable bonds is 7. The van der Waals surface area contributed by atoms with Crippen LogP contribution in [0.15, 0.2) is 31.0 Å². The molecule has 0 aliphatic carbocycles. The summed E-state index contributed by atoms with van der Waals surface area (Å²) >= 11 is 5.63. The molecule has 0 fully saturated rings. The zero-order valence-corrected chi connectivity index (χ0v) is 10.6. The standard InChI is InChI=1S/C13H17ClFNO/c1-3-17-8-4-7-16-10(2)11-5-6-12(14)13(15)9-11/h3,5-6,9-10,16H,1,4,7-8H2,2H3. The van der Waals surface area contributed by atoms with Crippen LogP contribution >= 0.6 is 11.6 Å². The van der Waals surface area contributed by atoms with Gasteiger partial charge in [-0.2, -0.15) is 0 Å².